The summed E-state index contributed by atoms with van der Waals surface area (Å²) in [6, 6.07) is 51.5. The maximum Gasteiger partial charge on any atom is 0.227 e. The lowest BCUT2D eigenvalue weighted by molar-refractivity contribution is 0.619. The van der Waals surface area contributed by atoms with Crippen LogP contribution in [-0.2, 0) is 0 Å². The molecule has 0 aliphatic rings. The number of thiophene rings is 2. The molecule has 7 aromatic carbocycles. The second-order valence-corrected chi connectivity index (χ2v) is 14.5. The maximum atomic E-state index is 6.35. The minimum absolute atomic E-state index is 0.586. The molecule has 0 saturated heterocycles. The minimum Gasteiger partial charge on any atom is -0.456 e. The van der Waals surface area contributed by atoms with Crippen molar-refractivity contribution in [1.82, 2.24) is 4.98 Å². The molecule has 11 rings (SSSR count). The summed E-state index contributed by atoms with van der Waals surface area (Å²) < 4.78 is 17.6. The van der Waals surface area contributed by atoms with Crippen LogP contribution in [-0.4, -0.2) is 4.98 Å². The normalized spacial score (nSPS) is 12.1. The van der Waals surface area contributed by atoms with Crippen LogP contribution >= 0.6 is 22.7 Å². The Morgan fingerprint density at radius 2 is 0.980 bits per heavy atom. The van der Waals surface area contributed by atoms with Gasteiger partial charge >= 0.3 is 0 Å². The first-order chi connectivity index (χ1) is 24.2. The van der Waals surface area contributed by atoms with Crippen molar-refractivity contribution in [2.75, 3.05) is 4.90 Å². The predicted molar refractivity (Wildman–Crippen MR) is 207 cm³/mol. The van der Waals surface area contributed by atoms with Crippen molar-refractivity contribution in [2.45, 2.75) is 0 Å². The zero-order valence-electron chi connectivity index (χ0n) is 25.9. The lowest BCUT2D eigenvalue weighted by atomic mass is 10.1. The number of fused-ring (bicyclic) bond motifs is 11. The van der Waals surface area contributed by atoms with Crippen molar-refractivity contribution in [3.05, 3.63) is 146 Å². The molecule has 0 spiro atoms. The second kappa shape index (κ2) is 10.3. The number of para-hydroxylation sites is 1. The largest absolute Gasteiger partial charge is 0.456 e. The van der Waals surface area contributed by atoms with Crippen molar-refractivity contribution >= 4 is 113 Å². The number of hydrogen-bond donors (Lipinski definition) is 0. The zero-order chi connectivity index (χ0) is 32.1. The highest BCUT2D eigenvalue weighted by atomic mass is 32.1. The van der Waals surface area contributed by atoms with E-state index in [-0.39, 0.29) is 0 Å². The number of anilines is 3. The van der Waals surface area contributed by atoms with Gasteiger partial charge in [0.25, 0.3) is 0 Å². The molecule has 0 aliphatic carbocycles. The molecular formula is C43H24N2O2S2. The maximum absolute atomic E-state index is 6.35. The summed E-state index contributed by atoms with van der Waals surface area (Å²) in [7, 11) is 0. The van der Waals surface area contributed by atoms with Crippen molar-refractivity contribution in [3.8, 4) is 11.5 Å². The lowest BCUT2D eigenvalue weighted by Crippen LogP contribution is -2.09. The minimum atomic E-state index is 0.586. The SMILES string of the molecule is c1ccc2c(c1)oc1ccc3oc(-c4ccc(N(c5ccc6sc7ccccc7c6c5)c5ccc6sc7ccccc7c6c5)cc4)nc3c12. The molecule has 4 heterocycles. The molecule has 0 amide bonds. The smallest absolute Gasteiger partial charge is 0.227 e. The van der Waals surface area contributed by atoms with Crippen molar-refractivity contribution in [1.29, 1.82) is 0 Å². The van der Waals surface area contributed by atoms with E-state index in [0.29, 0.717) is 5.89 Å². The molecular weight excluding hydrogens is 641 g/mol. The van der Waals surface area contributed by atoms with E-state index >= 15 is 0 Å². The van der Waals surface area contributed by atoms with Crippen LogP contribution in [0.25, 0.3) is 84.8 Å². The molecule has 0 saturated carbocycles. The van der Waals surface area contributed by atoms with E-state index in [4.69, 9.17) is 13.8 Å². The first-order valence-corrected chi connectivity index (χ1v) is 17.8. The number of rotatable bonds is 4. The summed E-state index contributed by atoms with van der Waals surface area (Å²) in [4.78, 5) is 7.36. The van der Waals surface area contributed by atoms with Gasteiger partial charge in [-0.05, 0) is 91.0 Å². The van der Waals surface area contributed by atoms with Crippen LogP contribution in [0.2, 0.25) is 0 Å². The molecule has 0 N–H and O–H groups in total. The Morgan fingerprint density at radius 1 is 0.429 bits per heavy atom. The third-order valence-electron chi connectivity index (χ3n) is 9.51. The third-order valence-corrected chi connectivity index (χ3v) is 11.8. The number of hydrogen-bond acceptors (Lipinski definition) is 6. The highest BCUT2D eigenvalue weighted by Crippen LogP contribution is 2.44. The van der Waals surface area contributed by atoms with Crippen LogP contribution in [0.1, 0.15) is 0 Å². The van der Waals surface area contributed by atoms with Gasteiger partial charge in [0.15, 0.2) is 5.58 Å². The Balaban J connectivity index is 1.07. The monoisotopic (exact) mass is 664 g/mol. The Bertz CT molecular complexity index is 2960. The quantitative estimate of drug-likeness (QED) is 0.188. The summed E-state index contributed by atoms with van der Waals surface area (Å²) in [6.45, 7) is 0. The van der Waals surface area contributed by atoms with Gasteiger partial charge in [-0.25, -0.2) is 4.98 Å². The van der Waals surface area contributed by atoms with Gasteiger partial charge in [-0.15, -0.1) is 22.7 Å². The molecule has 0 bridgehead atoms. The second-order valence-electron chi connectivity index (χ2n) is 12.3. The molecule has 230 valence electrons. The van der Waals surface area contributed by atoms with Crippen molar-refractivity contribution < 1.29 is 8.83 Å². The summed E-state index contributed by atoms with van der Waals surface area (Å²) in [6.07, 6.45) is 0. The van der Waals surface area contributed by atoms with Crippen LogP contribution in [0, 0.1) is 0 Å². The number of aromatic nitrogens is 1. The topological polar surface area (TPSA) is 42.4 Å². The van der Waals surface area contributed by atoms with Gasteiger partial charge in [-0.2, -0.15) is 0 Å². The molecule has 11 aromatic rings. The van der Waals surface area contributed by atoms with Gasteiger partial charge in [-0.3, -0.25) is 0 Å². The highest BCUT2D eigenvalue weighted by Gasteiger charge is 2.19. The highest BCUT2D eigenvalue weighted by molar-refractivity contribution is 7.26. The van der Waals surface area contributed by atoms with E-state index < -0.39 is 0 Å². The fourth-order valence-corrected chi connectivity index (χ4v) is 9.40. The first-order valence-electron chi connectivity index (χ1n) is 16.2. The summed E-state index contributed by atoms with van der Waals surface area (Å²) in [5, 5.41) is 7.14. The van der Waals surface area contributed by atoms with Gasteiger partial charge < -0.3 is 13.7 Å². The number of nitrogens with zero attached hydrogens (tertiary/aromatic N) is 2. The first kappa shape index (κ1) is 27.0. The Hall–Kier alpha value is -5.95. The van der Waals surface area contributed by atoms with Crippen LogP contribution < -0.4 is 4.90 Å². The predicted octanol–water partition coefficient (Wildman–Crippen LogP) is 13.6. The average molecular weight is 665 g/mol. The van der Waals surface area contributed by atoms with E-state index in [1.165, 1.54) is 40.3 Å². The molecule has 0 unspecified atom stereocenters. The van der Waals surface area contributed by atoms with Crippen molar-refractivity contribution in [3.63, 3.8) is 0 Å². The van der Waals surface area contributed by atoms with E-state index in [1.807, 2.05) is 53.0 Å². The number of oxazole rings is 1. The molecule has 0 fully saturated rings. The van der Waals surface area contributed by atoms with E-state index in [1.54, 1.807) is 0 Å². The van der Waals surface area contributed by atoms with E-state index in [2.05, 4.69) is 120 Å². The van der Waals surface area contributed by atoms with Gasteiger partial charge in [0.2, 0.25) is 5.89 Å². The molecule has 0 aliphatic heterocycles. The Kier molecular flexibility index (Phi) is 5.67. The standard InChI is InChI=1S/C43H24N2O2S2/c1-4-10-34-31(9-1)41-35(46-34)19-20-36-42(41)44-43(47-36)25-13-15-26(16-14-25)45(27-17-21-39-32(23-27)29-7-2-5-11-37(29)48-39)28-18-22-40-33(24-28)30-8-3-6-12-38(30)49-40/h1-24H. The summed E-state index contributed by atoms with van der Waals surface area (Å²) in [5.74, 6) is 0.586. The number of furan rings is 1. The fourth-order valence-electron chi connectivity index (χ4n) is 7.23. The molecule has 6 heteroatoms. The average Bonchev–Trinajstić information content (AvgIpc) is 3.93. The Labute approximate surface area is 287 Å². The lowest BCUT2D eigenvalue weighted by Gasteiger charge is -2.26. The summed E-state index contributed by atoms with van der Waals surface area (Å²) in [5.41, 5.74) is 7.41. The molecule has 4 nitrogen and oxygen atoms in total. The zero-order valence-corrected chi connectivity index (χ0v) is 27.5. The van der Waals surface area contributed by atoms with Gasteiger partial charge in [0, 0.05) is 68.4 Å². The molecule has 0 atom stereocenters. The molecule has 4 aromatic heterocycles. The fraction of sp³-hybridized carbons (Fsp3) is 0. The van der Waals surface area contributed by atoms with Crippen LogP contribution in [0.15, 0.2) is 154 Å². The van der Waals surface area contributed by atoms with E-state index in [0.717, 1.165) is 55.7 Å². The van der Waals surface area contributed by atoms with Crippen LogP contribution in [0.3, 0.4) is 0 Å². The number of benzene rings is 7. The van der Waals surface area contributed by atoms with Gasteiger partial charge in [0.05, 0.1) is 5.39 Å². The van der Waals surface area contributed by atoms with Crippen molar-refractivity contribution in [2.24, 2.45) is 0 Å². The Morgan fingerprint density at radius 3 is 1.65 bits per heavy atom. The molecule has 0 radical (unpaired) electrons. The molecule has 49 heavy (non-hydrogen) atoms. The third kappa shape index (κ3) is 4.11. The van der Waals surface area contributed by atoms with E-state index in [9.17, 15) is 0 Å². The van der Waals surface area contributed by atoms with Crippen LogP contribution in [0.5, 0.6) is 0 Å². The van der Waals surface area contributed by atoms with Gasteiger partial charge in [-0.1, -0.05) is 54.6 Å². The summed E-state index contributed by atoms with van der Waals surface area (Å²) >= 11 is 3.68. The van der Waals surface area contributed by atoms with Gasteiger partial charge in [0.1, 0.15) is 16.7 Å². The van der Waals surface area contributed by atoms with Crippen LogP contribution in [0.4, 0.5) is 17.1 Å².